The van der Waals surface area contributed by atoms with Gasteiger partial charge in [-0.1, -0.05) is 20.8 Å². The van der Waals surface area contributed by atoms with Crippen LogP contribution in [0.4, 0.5) is 26.3 Å². The van der Waals surface area contributed by atoms with E-state index in [0.29, 0.717) is 134 Å². The Bertz CT molecular complexity index is 2360. The zero-order valence-corrected chi connectivity index (χ0v) is 53.5. The quantitative estimate of drug-likeness (QED) is 0.0563. The molecule has 0 radical (unpaired) electrons. The maximum absolute atomic E-state index is 15.1. The summed E-state index contributed by atoms with van der Waals surface area (Å²) in [6, 6.07) is 0. The SMILES string of the molecule is CCC1(COC23CC4CC(OCC(CC)(CO)COC56CC7CC(OCC8(CC)COC8)(C5)CC(C(F)(F)F)(C7)C6)(C2)CC(C(F)(F)F)(C4)C3)COC1.OC(COC12CC3CC(C1)CC(OCC1CO1)(C3)C2)COC12CC3CC(C1)CC(OCC1CO1)(C3)C2. The lowest BCUT2D eigenvalue weighted by Gasteiger charge is -2.66. The predicted octanol–water partition coefficient (Wildman–Crippen LogP) is 11.7. The number of hydrogen-bond donors (Lipinski definition) is 2. The smallest absolute Gasteiger partial charge is 0.394 e. The highest BCUT2D eigenvalue weighted by Crippen LogP contribution is 2.72. The van der Waals surface area contributed by atoms with Crippen LogP contribution in [0.5, 0.6) is 0 Å². The van der Waals surface area contributed by atoms with E-state index in [4.69, 9.17) is 56.8 Å². The number of rotatable bonds is 28. The predicted molar refractivity (Wildman–Crippen MR) is 311 cm³/mol. The second kappa shape index (κ2) is 22.3. The summed E-state index contributed by atoms with van der Waals surface area (Å²) >= 11 is 0. The molecule has 4 heterocycles. The highest BCUT2D eigenvalue weighted by molar-refractivity contribution is 5.21. The number of aliphatic hydroxyl groups is 2. The summed E-state index contributed by atoms with van der Waals surface area (Å²) in [5.41, 5.74) is -9.58. The van der Waals surface area contributed by atoms with Crippen molar-refractivity contribution in [3.63, 3.8) is 0 Å². The summed E-state index contributed by atoms with van der Waals surface area (Å²) in [4.78, 5) is 0. The third-order valence-electron chi connectivity index (χ3n) is 27.1. The van der Waals surface area contributed by atoms with Crippen LogP contribution in [0, 0.1) is 62.6 Å². The molecule has 14 nitrogen and oxygen atoms in total. The molecule has 2 N–H and O–H groups in total. The fourth-order valence-electron chi connectivity index (χ4n) is 23.4. The van der Waals surface area contributed by atoms with Crippen molar-refractivity contribution in [2.24, 2.45) is 62.6 Å². The van der Waals surface area contributed by atoms with Gasteiger partial charge in [-0.3, -0.25) is 0 Å². The van der Waals surface area contributed by atoms with E-state index in [1.807, 2.05) is 6.92 Å². The Morgan fingerprint density at radius 1 is 0.427 bits per heavy atom. The standard InChI is InChI=1S/C40H60F6O7.C29H44O7/c1-4-30(19-47,24-50-35-9-28-7-33(13-35,39(41,42)43)15-37(11-28,17-35)52-26-31(5-2)20-48-21-31)25-51-36-10-29-8-34(14-36,40(44,45)46)16-38(12-29,18-36)53-27-32(6-3)22-49-23-32;30-23(11-33-26-3-19-1-20(4-26)8-28(7-19,17-26)35-15-24-13-31-24)12-34-27-5-21-2-22(6-27)10-29(9-21,18-27)36-16-25-14-32-25/h28-29,47H,4-27H2,1-3H3;19-25,30H,1-18H2. The molecule has 0 amide bonds. The molecular weight excluding hydrogens is 1170 g/mol. The summed E-state index contributed by atoms with van der Waals surface area (Å²) in [5, 5.41) is 21.9. The maximum atomic E-state index is 15.1. The van der Waals surface area contributed by atoms with Gasteiger partial charge in [-0.25, -0.2) is 0 Å². The van der Waals surface area contributed by atoms with E-state index in [-0.39, 0.29) is 103 Å². The summed E-state index contributed by atoms with van der Waals surface area (Å²) in [7, 11) is 0. The van der Waals surface area contributed by atoms with Crippen molar-refractivity contribution < 1.29 is 93.4 Å². The van der Waals surface area contributed by atoms with Gasteiger partial charge < -0.3 is 67.1 Å². The van der Waals surface area contributed by atoms with Gasteiger partial charge >= 0.3 is 12.4 Å². The number of halogens is 6. The minimum Gasteiger partial charge on any atom is -0.396 e. The summed E-state index contributed by atoms with van der Waals surface area (Å²) in [5.74, 6) is 2.38. The Morgan fingerprint density at radius 2 is 0.753 bits per heavy atom. The first kappa shape index (κ1) is 64.0. The molecule has 0 aromatic carbocycles. The molecule has 0 spiro atoms. The molecule has 20 rings (SSSR count). The van der Waals surface area contributed by atoms with Gasteiger partial charge in [0.15, 0.2) is 0 Å². The minimum absolute atomic E-state index is 0.0312. The van der Waals surface area contributed by atoms with E-state index < -0.39 is 57.1 Å². The molecule has 14 unspecified atom stereocenters. The van der Waals surface area contributed by atoms with E-state index in [0.717, 1.165) is 77.8 Å². The Hall–Kier alpha value is -0.980. The van der Waals surface area contributed by atoms with Gasteiger partial charge in [0.25, 0.3) is 0 Å². The topological polar surface area (TPSA) is 158 Å². The maximum Gasteiger partial charge on any atom is 0.394 e. The van der Waals surface area contributed by atoms with E-state index in [1.54, 1.807) is 0 Å². The van der Waals surface area contributed by atoms with Crippen molar-refractivity contribution in [3.8, 4) is 0 Å². The Labute approximate surface area is 522 Å². The zero-order valence-electron chi connectivity index (χ0n) is 53.5. The monoisotopic (exact) mass is 1270 g/mol. The summed E-state index contributed by atoms with van der Waals surface area (Å²) < 4.78 is 165. The van der Waals surface area contributed by atoms with Gasteiger partial charge in [-0.15, -0.1) is 0 Å². The van der Waals surface area contributed by atoms with Gasteiger partial charge in [0.05, 0.1) is 155 Å². The largest absolute Gasteiger partial charge is 0.396 e. The van der Waals surface area contributed by atoms with Crippen molar-refractivity contribution in [1.29, 1.82) is 0 Å². The molecule has 0 aromatic heterocycles. The van der Waals surface area contributed by atoms with Crippen LogP contribution in [0.1, 0.15) is 194 Å². The van der Waals surface area contributed by atoms with Crippen LogP contribution < -0.4 is 0 Å². The second-order valence-electron chi connectivity index (χ2n) is 34.6. The average Bonchev–Trinajstić information content (AvgIpc) is 0.844. The normalized spacial score (nSPS) is 48.4. The lowest BCUT2D eigenvalue weighted by atomic mass is 9.45. The first-order chi connectivity index (χ1) is 42.2. The van der Waals surface area contributed by atoms with Crippen molar-refractivity contribution in [2.45, 2.75) is 270 Å². The molecule has 4 aliphatic heterocycles. The Kier molecular flexibility index (Phi) is 16.0. The van der Waals surface area contributed by atoms with Crippen LogP contribution in [0.15, 0.2) is 0 Å². The third kappa shape index (κ3) is 12.0. The molecule has 0 aromatic rings. The fourth-order valence-corrected chi connectivity index (χ4v) is 23.4. The highest BCUT2D eigenvalue weighted by atomic mass is 19.4. The van der Waals surface area contributed by atoms with Crippen molar-refractivity contribution in [1.82, 2.24) is 0 Å². The van der Waals surface area contributed by atoms with Gasteiger partial charge in [0, 0.05) is 41.9 Å². The average molecular weight is 1270 g/mol. The van der Waals surface area contributed by atoms with E-state index in [2.05, 4.69) is 13.8 Å². The van der Waals surface area contributed by atoms with Crippen LogP contribution in [0.3, 0.4) is 0 Å². The number of epoxide rings is 2. The van der Waals surface area contributed by atoms with Gasteiger partial charge in [-0.05, 0) is 183 Å². The zero-order chi connectivity index (χ0) is 61.9. The van der Waals surface area contributed by atoms with E-state index in [1.165, 1.54) is 38.5 Å². The number of aliphatic hydroxyl groups excluding tert-OH is 2. The molecule has 20 aliphatic rings. The first-order valence-electron chi connectivity index (χ1n) is 35.1. The third-order valence-corrected chi connectivity index (χ3v) is 27.1. The first-order valence-corrected chi connectivity index (χ1v) is 35.1. The number of ether oxygens (including phenoxy) is 12. The van der Waals surface area contributed by atoms with Crippen LogP contribution in [-0.2, 0) is 56.8 Å². The van der Waals surface area contributed by atoms with E-state index >= 15 is 26.3 Å². The minimum atomic E-state index is -4.42. The summed E-state index contributed by atoms with van der Waals surface area (Å²) in [6.45, 7) is 12.3. The van der Waals surface area contributed by atoms with Gasteiger partial charge in [-0.2, -0.15) is 26.3 Å². The fraction of sp³-hybridized carbons (Fsp3) is 1.00. The van der Waals surface area contributed by atoms with Crippen molar-refractivity contribution in [3.05, 3.63) is 0 Å². The second-order valence-corrected chi connectivity index (χ2v) is 34.6. The lowest BCUT2D eigenvalue weighted by molar-refractivity contribution is -0.350. The highest BCUT2D eigenvalue weighted by Gasteiger charge is 2.75. The van der Waals surface area contributed by atoms with Crippen LogP contribution >= 0.6 is 0 Å². The molecular formula is C69H104F6O14. The molecule has 20 fully saturated rings. The number of alkyl halides is 6. The van der Waals surface area contributed by atoms with Crippen LogP contribution in [0.25, 0.3) is 0 Å². The molecule has 89 heavy (non-hydrogen) atoms. The molecule has 4 saturated heterocycles. The van der Waals surface area contributed by atoms with Crippen LogP contribution in [0.2, 0.25) is 0 Å². The Morgan fingerprint density at radius 3 is 1.04 bits per heavy atom. The summed E-state index contributed by atoms with van der Waals surface area (Å²) in [6.07, 6.45) is 9.54. The number of hydrogen-bond acceptors (Lipinski definition) is 14. The Balaban J connectivity index is 0.000000160. The molecule has 14 atom stereocenters. The lowest BCUT2D eigenvalue weighted by Crippen LogP contribution is -2.69. The molecule has 16 bridgehead atoms. The van der Waals surface area contributed by atoms with Crippen LogP contribution in [-0.4, -0.2) is 185 Å². The van der Waals surface area contributed by atoms with Crippen molar-refractivity contribution >= 4 is 0 Å². The van der Waals surface area contributed by atoms with E-state index in [9.17, 15) is 10.2 Å². The molecule has 20 heteroatoms. The molecule has 16 saturated carbocycles. The van der Waals surface area contributed by atoms with Gasteiger partial charge in [0.2, 0.25) is 0 Å². The molecule has 506 valence electrons. The van der Waals surface area contributed by atoms with Gasteiger partial charge in [0.1, 0.15) is 18.3 Å². The molecule has 16 aliphatic carbocycles. The van der Waals surface area contributed by atoms with Crippen molar-refractivity contribution in [2.75, 3.05) is 99.1 Å².